The van der Waals surface area contributed by atoms with Crippen molar-refractivity contribution in [3.63, 3.8) is 0 Å². The Bertz CT molecular complexity index is 219. The van der Waals surface area contributed by atoms with Crippen molar-refractivity contribution in [1.29, 1.82) is 0 Å². The fourth-order valence-electron chi connectivity index (χ4n) is 0.413. The number of hydrogen-bond donors (Lipinski definition) is 1. The van der Waals surface area contributed by atoms with Gasteiger partial charge in [-0.3, -0.25) is 4.79 Å². The van der Waals surface area contributed by atoms with E-state index in [0.29, 0.717) is 5.17 Å². The van der Waals surface area contributed by atoms with E-state index in [4.69, 9.17) is 0 Å². The predicted molar refractivity (Wildman–Crippen MR) is 53.5 cm³/mol. The second kappa shape index (κ2) is 5.77. The lowest BCUT2D eigenvalue weighted by molar-refractivity contribution is -0.117. The van der Waals surface area contributed by atoms with Gasteiger partial charge in [0.1, 0.15) is 0 Å². The molecule has 0 saturated heterocycles. The third kappa shape index (κ3) is 5.91. The molecule has 0 unspecified atom stereocenters. The zero-order valence-electron chi connectivity index (χ0n) is 7.71. The quantitative estimate of drug-likeness (QED) is 0.381. The highest BCUT2D eigenvalue weighted by Crippen LogP contribution is 1.95. The molecule has 1 N–H and O–H groups in total. The first-order valence-electron chi connectivity index (χ1n) is 3.46. The van der Waals surface area contributed by atoms with Crippen molar-refractivity contribution >= 4 is 28.5 Å². The molecule has 0 aliphatic heterocycles. The van der Waals surface area contributed by atoms with E-state index in [1.165, 1.54) is 18.7 Å². The molecule has 1 amide bonds. The molecule has 0 rings (SSSR count). The van der Waals surface area contributed by atoms with Crippen molar-refractivity contribution < 1.29 is 4.79 Å². The molecule has 0 atom stereocenters. The van der Waals surface area contributed by atoms with Crippen LogP contribution >= 0.6 is 11.8 Å². The summed E-state index contributed by atoms with van der Waals surface area (Å²) in [7, 11) is 0. The molecule has 4 nitrogen and oxygen atoms in total. The lowest BCUT2D eigenvalue weighted by Crippen LogP contribution is -2.25. The molecule has 0 aromatic heterocycles. The van der Waals surface area contributed by atoms with Crippen LogP contribution < -0.4 is 5.32 Å². The Balaban J connectivity index is 4.23. The van der Waals surface area contributed by atoms with Gasteiger partial charge < -0.3 is 5.32 Å². The molecule has 0 bridgehead atoms. The molecule has 0 heterocycles. The maximum atomic E-state index is 10.6. The first-order valence-corrected chi connectivity index (χ1v) is 4.69. The minimum atomic E-state index is -0.132. The van der Waals surface area contributed by atoms with Crippen molar-refractivity contribution in [2.75, 3.05) is 6.26 Å². The molecule has 0 fully saturated rings. The van der Waals surface area contributed by atoms with Crippen LogP contribution in [0.1, 0.15) is 20.8 Å². The molecule has 68 valence electrons. The van der Waals surface area contributed by atoms with Gasteiger partial charge in [-0.25, -0.2) is 0 Å². The molecule has 12 heavy (non-hydrogen) atoms. The second-order valence-electron chi connectivity index (χ2n) is 2.34. The van der Waals surface area contributed by atoms with Gasteiger partial charge in [-0.05, 0) is 20.1 Å². The highest BCUT2D eigenvalue weighted by atomic mass is 32.2. The van der Waals surface area contributed by atoms with Crippen LogP contribution in [0, 0.1) is 0 Å². The van der Waals surface area contributed by atoms with Gasteiger partial charge in [0.2, 0.25) is 5.91 Å². The maximum absolute atomic E-state index is 10.6. The Morgan fingerprint density at radius 2 is 1.83 bits per heavy atom. The molecule has 0 spiro atoms. The van der Waals surface area contributed by atoms with Crippen molar-refractivity contribution in [2.45, 2.75) is 20.8 Å². The summed E-state index contributed by atoms with van der Waals surface area (Å²) in [5.41, 5.74) is 0.854. The van der Waals surface area contributed by atoms with Crippen molar-refractivity contribution in [1.82, 2.24) is 5.32 Å². The van der Waals surface area contributed by atoms with Gasteiger partial charge in [0.25, 0.3) is 0 Å². The average molecular weight is 187 g/mol. The number of hydrogen-bond acceptors (Lipinski definition) is 4. The molecule has 5 heteroatoms. The van der Waals surface area contributed by atoms with Crippen molar-refractivity contribution in [3.8, 4) is 0 Å². The Morgan fingerprint density at radius 1 is 1.25 bits per heavy atom. The third-order valence-electron chi connectivity index (χ3n) is 0.817. The third-order valence-corrected chi connectivity index (χ3v) is 1.39. The fraction of sp³-hybridized carbons (Fsp3) is 0.571. The Labute approximate surface area is 76.5 Å². The van der Waals surface area contributed by atoms with Gasteiger partial charge in [0.05, 0.1) is 0 Å². The van der Waals surface area contributed by atoms with E-state index in [1.54, 1.807) is 0 Å². The predicted octanol–water partition coefficient (Wildman–Crippen LogP) is 1.24. The zero-order valence-corrected chi connectivity index (χ0v) is 8.53. The van der Waals surface area contributed by atoms with E-state index in [0.717, 1.165) is 5.71 Å². The van der Waals surface area contributed by atoms with E-state index in [-0.39, 0.29) is 5.91 Å². The van der Waals surface area contributed by atoms with Crippen LogP contribution in [0.3, 0.4) is 0 Å². The summed E-state index contributed by atoms with van der Waals surface area (Å²) in [5.74, 6) is -0.132. The normalized spacial score (nSPS) is 10.8. The molecule has 0 aromatic carbocycles. The number of amidine groups is 1. The van der Waals surface area contributed by atoms with Gasteiger partial charge in [-0.2, -0.15) is 5.10 Å². The van der Waals surface area contributed by atoms with Crippen LogP contribution in [0.2, 0.25) is 0 Å². The molecular formula is C7H13N3OS. The van der Waals surface area contributed by atoms with Gasteiger partial charge in [-0.15, -0.1) is 5.10 Å². The molecule has 0 saturated carbocycles. The minimum Gasteiger partial charge on any atom is -0.304 e. The van der Waals surface area contributed by atoms with E-state index >= 15 is 0 Å². The maximum Gasteiger partial charge on any atom is 0.222 e. The van der Waals surface area contributed by atoms with E-state index in [1.807, 2.05) is 20.1 Å². The average Bonchev–Trinajstić information content (AvgIpc) is 1.97. The van der Waals surface area contributed by atoms with Crippen molar-refractivity contribution in [3.05, 3.63) is 0 Å². The van der Waals surface area contributed by atoms with Crippen LogP contribution in [0.4, 0.5) is 0 Å². The number of nitrogens with one attached hydrogen (secondary N) is 1. The Hall–Kier alpha value is -0.840. The second-order valence-corrected chi connectivity index (χ2v) is 3.13. The van der Waals surface area contributed by atoms with E-state index in [2.05, 4.69) is 15.5 Å². The molecule has 0 aromatic rings. The molecule has 0 radical (unpaired) electrons. The molecular weight excluding hydrogens is 174 g/mol. The number of carbonyl (C=O) groups is 1. The summed E-state index contributed by atoms with van der Waals surface area (Å²) in [4.78, 5) is 10.6. The van der Waals surface area contributed by atoms with Crippen LogP contribution in [0.15, 0.2) is 10.2 Å². The first-order chi connectivity index (χ1) is 5.56. The lowest BCUT2D eigenvalue weighted by Gasteiger charge is -1.99. The molecule has 0 aliphatic rings. The smallest absolute Gasteiger partial charge is 0.222 e. The minimum absolute atomic E-state index is 0.132. The summed E-state index contributed by atoms with van der Waals surface area (Å²) >= 11 is 1.35. The summed E-state index contributed by atoms with van der Waals surface area (Å²) < 4.78 is 0. The van der Waals surface area contributed by atoms with Gasteiger partial charge in [0, 0.05) is 12.6 Å². The fourth-order valence-corrected chi connectivity index (χ4v) is 0.781. The van der Waals surface area contributed by atoms with Crippen LogP contribution in [-0.2, 0) is 4.79 Å². The topological polar surface area (TPSA) is 53.8 Å². The number of rotatable bonds is 1. The van der Waals surface area contributed by atoms with Crippen LogP contribution in [0.5, 0.6) is 0 Å². The first kappa shape index (κ1) is 11.2. The summed E-state index contributed by atoms with van der Waals surface area (Å²) in [6.45, 7) is 5.12. The highest BCUT2D eigenvalue weighted by molar-refractivity contribution is 8.13. The monoisotopic (exact) mass is 187 g/mol. The summed E-state index contributed by atoms with van der Waals surface area (Å²) in [6.07, 6.45) is 1.83. The number of amides is 1. The van der Waals surface area contributed by atoms with Gasteiger partial charge in [0.15, 0.2) is 5.17 Å². The standard InChI is InChI=1S/C7H13N3OS/c1-5(2)9-10-7(12-4)8-6(3)11/h1-4H3,(H,8,10,11). The SMILES string of the molecule is CS/C(=N/N=C(C)C)NC(C)=O. The van der Waals surface area contributed by atoms with Crippen LogP contribution in [0.25, 0.3) is 0 Å². The summed E-state index contributed by atoms with van der Waals surface area (Å²) in [6, 6.07) is 0. The lowest BCUT2D eigenvalue weighted by atomic mass is 10.5. The van der Waals surface area contributed by atoms with E-state index in [9.17, 15) is 4.79 Å². The summed E-state index contributed by atoms with van der Waals surface area (Å²) in [5, 5.41) is 10.7. The Kier molecular flexibility index (Phi) is 5.36. The largest absolute Gasteiger partial charge is 0.304 e. The number of thioether (sulfide) groups is 1. The van der Waals surface area contributed by atoms with Gasteiger partial charge >= 0.3 is 0 Å². The Morgan fingerprint density at radius 3 is 2.17 bits per heavy atom. The highest BCUT2D eigenvalue weighted by Gasteiger charge is 1.97. The zero-order chi connectivity index (χ0) is 9.56. The molecule has 0 aliphatic carbocycles. The van der Waals surface area contributed by atoms with Crippen LogP contribution in [-0.4, -0.2) is 23.0 Å². The number of nitrogens with zero attached hydrogens (tertiary/aromatic N) is 2. The van der Waals surface area contributed by atoms with E-state index < -0.39 is 0 Å². The number of carbonyl (C=O) groups excluding carboxylic acids is 1. The van der Waals surface area contributed by atoms with Crippen molar-refractivity contribution in [2.24, 2.45) is 10.2 Å². The van der Waals surface area contributed by atoms with Gasteiger partial charge in [-0.1, -0.05) is 11.8 Å².